The second-order valence-corrected chi connectivity index (χ2v) is 3.52. The van der Waals surface area contributed by atoms with Crippen LogP contribution in [0.15, 0.2) is 30.6 Å². The number of nitriles is 1. The van der Waals surface area contributed by atoms with Gasteiger partial charge in [0, 0.05) is 18.3 Å². The van der Waals surface area contributed by atoms with Gasteiger partial charge in [-0.2, -0.15) is 5.26 Å². The molecule has 84 valence electrons. The van der Waals surface area contributed by atoms with Crippen LogP contribution in [0, 0.1) is 11.3 Å². The fourth-order valence-corrected chi connectivity index (χ4v) is 1.35. The van der Waals surface area contributed by atoms with E-state index in [-0.39, 0.29) is 11.4 Å². The van der Waals surface area contributed by atoms with Crippen molar-refractivity contribution in [2.24, 2.45) is 0 Å². The highest BCUT2D eigenvalue weighted by atomic mass is 35.5. The Kier molecular flexibility index (Phi) is 3.08. The fraction of sp³-hybridized carbons (Fsp3) is 0. The quantitative estimate of drug-likeness (QED) is 0.823. The summed E-state index contributed by atoms with van der Waals surface area (Å²) in [5.74, 6) is 1.10. The molecule has 2 N–H and O–H groups in total. The number of hydrogen-bond acceptors (Lipinski definition) is 5. The largest absolute Gasteiger partial charge is 0.456 e. The lowest BCUT2D eigenvalue weighted by Crippen LogP contribution is -1.95. The van der Waals surface area contributed by atoms with Crippen LogP contribution in [0.3, 0.4) is 0 Å². The highest BCUT2D eigenvalue weighted by Gasteiger charge is 2.04. The maximum atomic E-state index is 8.80. The molecule has 6 heteroatoms. The number of aromatic nitrogens is 2. The summed E-state index contributed by atoms with van der Waals surface area (Å²) in [5.41, 5.74) is 5.76. The maximum Gasteiger partial charge on any atom is 0.147 e. The van der Waals surface area contributed by atoms with Crippen LogP contribution in [0.5, 0.6) is 11.5 Å². The SMILES string of the molecule is N#Cc1cc(Oc2ccnc(Cl)c2)cnc1N. The highest BCUT2D eigenvalue weighted by molar-refractivity contribution is 6.29. The molecule has 2 rings (SSSR count). The van der Waals surface area contributed by atoms with Gasteiger partial charge in [-0.05, 0) is 6.07 Å². The van der Waals surface area contributed by atoms with Gasteiger partial charge in [-0.25, -0.2) is 9.97 Å². The van der Waals surface area contributed by atoms with E-state index in [1.54, 1.807) is 12.1 Å². The molecule has 0 fully saturated rings. The Labute approximate surface area is 102 Å². The van der Waals surface area contributed by atoms with Gasteiger partial charge >= 0.3 is 0 Å². The second kappa shape index (κ2) is 4.68. The van der Waals surface area contributed by atoms with Crippen molar-refractivity contribution in [2.45, 2.75) is 0 Å². The predicted molar refractivity (Wildman–Crippen MR) is 62.7 cm³/mol. The first-order valence-corrected chi connectivity index (χ1v) is 5.02. The average molecular weight is 247 g/mol. The van der Waals surface area contributed by atoms with Crippen molar-refractivity contribution >= 4 is 17.4 Å². The Bertz CT molecular complexity index is 594. The molecule has 0 amide bonds. The first kappa shape index (κ1) is 11.2. The molecule has 0 atom stereocenters. The zero-order valence-corrected chi connectivity index (χ0v) is 9.35. The maximum absolute atomic E-state index is 8.80. The number of halogens is 1. The van der Waals surface area contributed by atoms with Crippen molar-refractivity contribution in [1.29, 1.82) is 5.26 Å². The minimum Gasteiger partial charge on any atom is -0.456 e. The minimum absolute atomic E-state index is 0.174. The highest BCUT2D eigenvalue weighted by Crippen LogP contribution is 2.24. The number of anilines is 1. The molecular formula is C11H7ClN4O. The van der Waals surface area contributed by atoms with E-state index in [4.69, 9.17) is 27.3 Å². The molecule has 5 nitrogen and oxygen atoms in total. The molecule has 2 heterocycles. The summed E-state index contributed by atoms with van der Waals surface area (Å²) >= 11 is 5.72. The number of ether oxygens (including phenoxy) is 1. The molecular weight excluding hydrogens is 240 g/mol. The van der Waals surface area contributed by atoms with Gasteiger partial charge < -0.3 is 10.5 Å². The smallest absolute Gasteiger partial charge is 0.147 e. The average Bonchev–Trinajstić information content (AvgIpc) is 2.32. The lowest BCUT2D eigenvalue weighted by atomic mass is 10.3. The monoisotopic (exact) mass is 246 g/mol. The second-order valence-electron chi connectivity index (χ2n) is 3.13. The van der Waals surface area contributed by atoms with Gasteiger partial charge in [0.25, 0.3) is 0 Å². The van der Waals surface area contributed by atoms with Crippen LogP contribution in [-0.4, -0.2) is 9.97 Å². The topological polar surface area (TPSA) is 84.8 Å². The van der Waals surface area contributed by atoms with Gasteiger partial charge in [0.15, 0.2) is 0 Å². The number of nitrogens with zero attached hydrogens (tertiary/aromatic N) is 3. The predicted octanol–water partition coefficient (Wildman–Crippen LogP) is 2.38. The molecule has 0 spiro atoms. The molecule has 0 aliphatic carbocycles. The van der Waals surface area contributed by atoms with E-state index >= 15 is 0 Å². The number of hydrogen-bond donors (Lipinski definition) is 1. The number of rotatable bonds is 2. The van der Waals surface area contributed by atoms with Crippen LogP contribution < -0.4 is 10.5 Å². The van der Waals surface area contributed by atoms with E-state index in [1.807, 2.05) is 6.07 Å². The van der Waals surface area contributed by atoms with Crippen LogP contribution in [0.2, 0.25) is 5.15 Å². The Morgan fingerprint density at radius 3 is 2.82 bits per heavy atom. The van der Waals surface area contributed by atoms with Crippen molar-refractivity contribution in [3.05, 3.63) is 41.3 Å². The Balaban J connectivity index is 2.28. The van der Waals surface area contributed by atoms with Gasteiger partial charge in [-0.3, -0.25) is 0 Å². The van der Waals surface area contributed by atoms with Gasteiger partial charge in [-0.15, -0.1) is 0 Å². The third-order valence-corrected chi connectivity index (χ3v) is 2.15. The summed E-state index contributed by atoms with van der Waals surface area (Å²) in [7, 11) is 0. The fourth-order valence-electron chi connectivity index (χ4n) is 1.19. The van der Waals surface area contributed by atoms with E-state index in [0.29, 0.717) is 16.7 Å². The van der Waals surface area contributed by atoms with Gasteiger partial charge in [0.2, 0.25) is 0 Å². The molecule has 0 unspecified atom stereocenters. The number of nitrogens with two attached hydrogens (primary N) is 1. The van der Waals surface area contributed by atoms with Crippen LogP contribution in [0.1, 0.15) is 5.56 Å². The van der Waals surface area contributed by atoms with E-state index in [0.717, 1.165) is 0 Å². The van der Waals surface area contributed by atoms with E-state index in [9.17, 15) is 0 Å². The summed E-state index contributed by atoms with van der Waals surface area (Å²) < 4.78 is 5.46. The molecule has 2 aromatic rings. The van der Waals surface area contributed by atoms with Crippen LogP contribution >= 0.6 is 11.6 Å². The van der Waals surface area contributed by atoms with Gasteiger partial charge in [0.05, 0.1) is 11.8 Å². The third-order valence-electron chi connectivity index (χ3n) is 1.95. The van der Waals surface area contributed by atoms with Crippen molar-refractivity contribution in [3.8, 4) is 17.6 Å². The molecule has 0 bridgehead atoms. The summed E-state index contributed by atoms with van der Waals surface area (Å²) in [4.78, 5) is 7.68. The molecule has 0 aromatic carbocycles. The summed E-state index contributed by atoms with van der Waals surface area (Å²) in [6.45, 7) is 0. The van der Waals surface area contributed by atoms with Crippen LogP contribution in [0.25, 0.3) is 0 Å². The normalized spacial score (nSPS) is 9.65. The van der Waals surface area contributed by atoms with Gasteiger partial charge in [-0.1, -0.05) is 11.6 Å². The zero-order chi connectivity index (χ0) is 12.3. The Hall–Kier alpha value is -2.32. The Morgan fingerprint density at radius 1 is 1.29 bits per heavy atom. The van der Waals surface area contributed by atoms with Crippen molar-refractivity contribution in [2.75, 3.05) is 5.73 Å². The molecule has 0 radical (unpaired) electrons. The lowest BCUT2D eigenvalue weighted by molar-refractivity contribution is 0.479. The van der Waals surface area contributed by atoms with Crippen molar-refractivity contribution in [3.63, 3.8) is 0 Å². The van der Waals surface area contributed by atoms with Crippen LogP contribution in [-0.2, 0) is 0 Å². The van der Waals surface area contributed by atoms with Gasteiger partial charge in [0.1, 0.15) is 28.5 Å². The molecule has 0 saturated carbocycles. The number of nitrogen functional groups attached to an aromatic ring is 1. The lowest BCUT2D eigenvalue weighted by Gasteiger charge is -2.06. The molecule has 0 saturated heterocycles. The van der Waals surface area contributed by atoms with Crippen LogP contribution in [0.4, 0.5) is 5.82 Å². The van der Waals surface area contributed by atoms with Crippen molar-refractivity contribution < 1.29 is 4.74 Å². The Morgan fingerprint density at radius 2 is 2.12 bits per heavy atom. The zero-order valence-electron chi connectivity index (χ0n) is 8.59. The summed E-state index contributed by atoms with van der Waals surface area (Å²) in [6, 6.07) is 6.64. The van der Waals surface area contributed by atoms with E-state index in [2.05, 4.69) is 9.97 Å². The first-order chi connectivity index (χ1) is 8.19. The number of pyridine rings is 2. The molecule has 0 aliphatic heterocycles. The minimum atomic E-state index is 0.174. The summed E-state index contributed by atoms with van der Waals surface area (Å²) in [6.07, 6.45) is 2.96. The molecule has 17 heavy (non-hydrogen) atoms. The standard InChI is InChI=1S/C11H7ClN4O/c12-10-4-8(1-2-15-10)17-9-3-7(5-13)11(14)16-6-9/h1-4,6H,(H2,14,16). The first-order valence-electron chi connectivity index (χ1n) is 4.64. The van der Waals surface area contributed by atoms with Crippen molar-refractivity contribution in [1.82, 2.24) is 9.97 Å². The third kappa shape index (κ3) is 2.62. The molecule has 2 aromatic heterocycles. The summed E-state index contributed by atoms with van der Waals surface area (Å²) in [5, 5.41) is 9.12. The van der Waals surface area contributed by atoms with E-state index in [1.165, 1.54) is 18.5 Å². The molecule has 0 aliphatic rings. The van der Waals surface area contributed by atoms with E-state index < -0.39 is 0 Å².